The van der Waals surface area contributed by atoms with E-state index in [0.717, 1.165) is 29.8 Å². The van der Waals surface area contributed by atoms with Gasteiger partial charge in [0.15, 0.2) is 0 Å². The normalized spacial score (nSPS) is 13.0. The minimum absolute atomic E-state index is 0.132. The largest absolute Gasteiger partial charge is 0.370 e. The average molecular weight is 522 g/mol. The smallest absolute Gasteiger partial charge is 0.247 e. The van der Waals surface area contributed by atoms with Gasteiger partial charge in [0.1, 0.15) is 11.9 Å². The highest BCUT2D eigenvalue weighted by Crippen LogP contribution is 2.29. The molecule has 198 valence electrons. The Morgan fingerprint density at radius 3 is 2.18 bits per heavy atom. The Kier molecular flexibility index (Phi) is 8.32. The average Bonchev–Trinajstić information content (AvgIpc) is 3.39. The molecule has 1 atom stereocenters. The summed E-state index contributed by atoms with van der Waals surface area (Å²) in [5, 5.41) is 3.01. The van der Waals surface area contributed by atoms with Crippen molar-refractivity contribution < 1.29 is 14.0 Å². The van der Waals surface area contributed by atoms with Crippen LogP contribution in [0.25, 0.3) is 0 Å². The Hall–Kier alpha value is -4.45. The molecular formula is C33H32FN3O2. The van der Waals surface area contributed by atoms with Crippen LogP contribution in [-0.2, 0) is 29.1 Å². The Morgan fingerprint density at radius 2 is 1.46 bits per heavy atom. The second-order valence-electron chi connectivity index (χ2n) is 9.78. The van der Waals surface area contributed by atoms with Crippen molar-refractivity contribution in [3.8, 4) is 0 Å². The highest BCUT2D eigenvalue weighted by atomic mass is 19.1. The molecule has 1 aliphatic rings. The summed E-state index contributed by atoms with van der Waals surface area (Å²) in [6.45, 7) is 2.01. The van der Waals surface area contributed by atoms with Crippen LogP contribution in [0.2, 0.25) is 0 Å². The van der Waals surface area contributed by atoms with Gasteiger partial charge in [0.05, 0.1) is 0 Å². The van der Waals surface area contributed by atoms with Crippen LogP contribution in [0.1, 0.15) is 34.7 Å². The molecule has 4 aromatic carbocycles. The summed E-state index contributed by atoms with van der Waals surface area (Å²) in [6.07, 6.45) is 1.21. The van der Waals surface area contributed by atoms with E-state index in [0.29, 0.717) is 18.7 Å². The van der Waals surface area contributed by atoms with Gasteiger partial charge in [-0.2, -0.15) is 0 Å². The topological polar surface area (TPSA) is 52.7 Å². The lowest BCUT2D eigenvalue weighted by atomic mass is 10.0. The van der Waals surface area contributed by atoms with Crippen LogP contribution in [0.3, 0.4) is 0 Å². The van der Waals surface area contributed by atoms with E-state index in [1.165, 1.54) is 17.7 Å². The van der Waals surface area contributed by atoms with Gasteiger partial charge in [-0.1, -0.05) is 91.0 Å². The molecule has 1 aliphatic heterocycles. The third kappa shape index (κ3) is 6.52. The van der Waals surface area contributed by atoms with Crippen LogP contribution in [0.15, 0.2) is 109 Å². The molecule has 0 saturated carbocycles. The van der Waals surface area contributed by atoms with Crippen LogP contribution in [0.5, 0.6) is 0 Å². The van der Waals surface area contributed by atoms with Crippen molar-refractivity contribution in [1.82, 2.24) is 10.2 Å². The number of benzene rings is 4. The third-order valence-corrected chi connectivity index (χ3v) is 7.15. The summed E-state index contributed by atoms with van der Waals surface area (Å²) in [7, 11) is 0. The first-order chi connectivity index (χ1) is 19.1. The maximum absolute atomic E-state index is 13.9. The number of fused-ring (bicyclic) bond motifs is 1. The highest BCUT2D eigenvalue weighted by molar-refractivity contribution is 5.89. The fraction of sp³-hybridized carbons (Fsp3) is 0.212. The van der Waals surface area contributed by atoms with Crippen molar-refractivity contribution in [3.63, 3.8) is 0 Å². The molecule has 0 aliphatic carbocycles. The summed E-state index contributed by atoms with van der Waals surface area (Å²) in [5.74, 6) is -0.829. The summed E-state index contributed by atoms with van der Waals surface area (Å²) in [6, 6.07) is 32.5. The van der Waals surface area contributed by atoms with Gasteiger partial charge in [-0.25, -0.2) is 4.39 Å². The number of rotatable bonds is 10. The predicted molar refractivity (Wildman–Crippen MR) is 151 cm³/mol. The number of para-hydroxylation sites is 1. The van der Waals surface area contributed by atoms with Gasteiger partial charge in [-0.3, -0.25) is 9.59 Å². The standard InChI is InChI=1S/C33H32FN3O2/c34-29-17-15-28(16-18-29)32(33(39)35-23-25-9-3-1-4-10-25)37(24-26-11-5-2-6-12-26)31(38)20-22-36-21-19-27-13-7-8-14-30(27)36/h1-18,32H,19-24H2,(H,35,39). The molecule has 2 amide bonds. The number of halogens is 1. The van der Waals surface area contributed by atoms with Crippen LogP contribution in [-0.4, -0.2) is 29.8 Å². The molecule has 4 aromatic rings. The second kappa shape index (κ2) is 12.4. The van der Waals surface area contributed by atoms with Gasteiger partial charge in [0.25, 0.3) is 0 Å². The van der Waals surface area contributed by atoms with Crippen LogP contribution in [0, 0.1) is 5.82 Å². The van der Waals surface area contributed by atoms with Crippen LogP contribution < -0.4 is 10.2 Å². The molecule has 0 radical (unpaired) electrons. The van der Waals surface area contributed by atoms with Gasteiger partial charge < -0.3 is 15.1 Å². The predicted octanol–water partition coefficient (Wildman–Crippen LogP) is 5.66. The summed E-state index contributed by atoms with van der Waals surface area (Å²) < 4.78 is 13.9. The van der Waals surface area contributed by atoms with Crippen molar-refractivity contribution in [2.24, 2.45) is 0 Å². The number of amides is 2. The van der Waals surface area contributed by atoms with Crippen LogP contribution >= 0.6 is 0 Å². The SMILES string of the molecule is O=C(NCc1ccccc1)C(c1ccc(F)cc1)N(Cc1ccccc1)C(=O)CCN1CCc2ccccc21. The first-order valence-corrected chi connectivity index (χ1v) is 13.3. The summed E-state index contributed by atoms with van der Waals surface area (Å²) >= 11 is 0. The van der Waals surface area contributed by atoms with Crippen molar-refractivity contribution >= 4 is 17.5 Å². The van der Waals surface area contributed by atoms with Crippen molar-refractivity contribution in [2.45, 2.75) is 32.0 Å². The van der Waals surface area contributed by atoms with E-state index in [1.807, 2.05) is 72.8 Å². The number of carbonyl (C=O) groups is 2. The Labute approximate surface area is 228 Å². The number of anilines is 1. The number of hydrogen-bond donors (Lipinski definition) is 1. The molecule has 1 heterocycles. The zero-order chi connectivity index (χ0) is 27.0. The minimum atomic E-state index is -0.909. The number of nitrogens with zero attached hydrogens (tertiary/aromatic N) is 2. The molecule has 6 heteroatoms. The number of carbonyl (C=O) groups excluding carboxylic acids is 2. The maximum Gasteiger partial charge on any atom is 0.247 e. The molecule has 1 unspecified atom stereocenters. The van der Waals surface area contributed by atoms with Gasteiger partial charge in [0, 0.05) is 38.3 Å². The maximum atomic E-state index is 13.9. The molecular weight excluding hydrogens is 489 g/mol. The van der Waals surface area contributed by atoms with Crippen LogP contribution in [0.4, 0.5) is 10.1 Å². The molecule has 0 spiro atoms. The van der Waals surface area contributed by atoms with Crippen molar-refractivity contribution in [2.75, 3.05) is 18.0 Å². The van der Waals surface area contributed by atoms with Crippen molar-refractivity contribution in [1.29, 1.82) is 0 Å². The lowest BCUT2D eigenvalue weighted by Gasteiger charge is -2.32. The fourth-order valence-electron chi connectivity index (χ4n) is 5.12. The van der Waals surface area contributed by atoms with Gasteiger partial charge in [0.2, 0.25) is 11.8 Å². The zero-order valence-corrected chi connectivity index (χ0v) is 21.8. The molecule has 0 fully saturated rings. The van der Waals surface area contributed by atoms with Crippen molar-refractivity contribution in [3.05, 3.63) is 137 Å². The lowest BCUT2D eigenvalue weighted by Crippen LogP contribution is -2.44. The Balaban J connectivity index is 1.41. The minimum Gasteiger partial charge on any atom is -0.370 e. The van der Waals surface area contributed by atoms with Gasteiger partial charge in [-0.15, -0.1) is 0 Å². The first kappa shape index (κ1) is 26.2. The molecule has 5 nitrogen and oxygen atoms in total. The van der Waals surface area contributed by atoms with E-state index >= 15 is 0 Å². The van der Waals surface area contributed by atoms with E-state index in [-0.39, 0.29) is 24.8 Å². The zero-order valence-electron chi connectivity index (χ0n) is 21.8. The molecule has 0 bridgehead atoms. The monoisotopic (exact) mass is 521 g/mol. The summed E-state index contributed by atoms with van der Waals surface area (Å²) in [5.41, 5.74) is 4.89. The third-order valence-electron chi connectivity index (χ3n) is 7.15. The summed E-state index contributed by atoms with van der Waals surface area (Å²) in [4.78, 5) is 31.5. The number of hydrogen-bond acceptors (Lipinski definition) is 3. The van der Waals surface area contributed by atoms with E-state index < -0.39 is 11.9 Å². The van der Waals surface area contributed by atoms with E-state index in [1.54, 1.807) is 17.0 Å². The fourth-order valence-corrected chi connectivity index (χ4v) is 5.12. The molecule has 0 saturated heterocycles. The van der Waals surface area contributed by atoms with E-state index in [4.69, 9.17) is 0 Å². The molecule has 39 heavy (non-hydrogen) atoms. The van der Waals surface area contributed by atoms with E-state index in [9.17, 15) is 14.0 Å². The number of nitrogens with one attached hydrogen (secondary N) is 1. The Morgan fingerprint density at radius 1 is 0.821 bits per heavy atom. The Bertz CT molecular complexity index is 1390. The second-order valence-corrected chi connectivity index (χ2v) is 9.78. The molecule has 0 aromatic heterocycles. The van der Waals surface area contributed by atoms with E-state index in [2.05, 4.69) is 22.3 Å². The quantitative estimate of drug-likeness (QED) is 0.293. The van der Waals surface area contributed by atoms with Gasteiger partial charge >= 0.3 is 0 Å². The lowest BCUT2D eigenvalue weighted by molar-refractivity contribution is -0.141. The molecule has 1 N–H and O–H groups in total. The highest BCUT2D eigenvalue weighted by Gasteiger charge is 2.32. The van der Waals surface area contributed by atoms with Gasteiger partial charge in [-0.05, 0) is 46.9 Å². The first-order valence-electron chi connectivity index (χ1n) is 13.3. The molecule has 5 rings (SSSR count).